The fourth-order valence-electron chi connectivity index (χ4n) is 3.39. The minimum atomic E-state index is -0.947. The highest BCUT2D eigenvalue weighted by atomic mass is 16.4. The van der Waals surface area contributed by atoms with Crippen LogP contribution in [0.5, 0.6) is 0 Å². The second kappa shape index (κ2) is 7.16. The third-order valence-electron chi connectivity index (χ3n) is 4.83. The van der Waals surface area contributed by atoms with Gasteiger partial charge in [0.1, 0.15) is 0 Å². The van der Waals surface area contributed by atoms with E-state index >= 15 is 0 Å². The summed E-state index contributed by atoms with van der Waals surface area (Å²) in [4.78, 5) is 20.0. The molecule has 0 aliphatic carbocycles. The van der Waals surface area contributed by atoms with E-state index in [2.05, 4.69) is 25.8 Å². The quantitative estimate of drug-likeness (QED) is 0.549. The van der Waals surface area contributed by atoms with Gasteiger partial charge < -0.3 is 15.7 Å². The summed E-state index contributed by atoms with van der Waals surface area (Å²) >= 11 is 0. The van der Waals surface area contributed by atoms with Crippen LogP contribution in [0, 0.1) is 0 Å². The highest BCUT2D eigenvalue weighted by Crippen LogP contribution is 2.33. The lowest BCUT2D eigenvalue weighted by Crippen LogP contribution is -2.46. The number of anilines is 1. The summed E-state index contributed by atoms with van der Waals surface area (Å²) in [5.41, 5.74) is 1.45. The first-order valence-corrected chi connectivity index (χ1v) is 8.82. The van der Waals surface area contributed by atoms with Crippen molar-refractivity contribution in [1.82, 2.24) is 25.5 Å². The van der Waals surface area contributed by atoms with Crippen molar-refractivity contribution in [3.8, 4) is 11.4 Å². The molecule has 27 heavy (non-hydrogen) atoms. The van der Waals surface area contributed by atoms with E-state index in [4.69, 9.17) is 4.98 Å². The van der Waals surface area contributed by atoms with E-state index < -0.39 is 11.5 Å². The molecule has 0 amide bonds. The molecule has 4 N–H and O–H groups in total. The molecule has 3 heterocycles. The van der Waals surface area contributed by atoms with Crippen LogP contribution in [0.1, 0.15) is 29.0 Å². The highest BCUT2D eigenvalue weighted by molar-refractivity contribution is 5.88. The summed E-state index contributed by atoms with van der Waals surface area (Å²) in [5, 5.41) is 23.6. The molecule has 0 bridgehead atoms. The number of carboxylic acid groups (broad SMARTS) is 1. The Labute approximate surface area is 156 Å². The van der Waals surface area contributed by atoms with Crippen molar-refractivity contribution in [2.24, 2.45) is 0 Å². The lowest BCUT2D eigenvalue weighted by molar-refractivity contribution is 0.0697. The number of hydrogen-bond donors (Lipinski definition) is 4. The summed E-state index contributed by atoms with van der Waals surface area (Å²) in [6.07, 6.45) is 5.02. The molecule has 3 aromatic rings. The third kappa shape index (κ3) is 3.52. The number of aromatic carboxylic acids is 1. The van der Waals surface area contributed by atoms with Gasteiger partial charge in [0.15, 0.2) is 11.6 Å². The molecule has 1 aliphatic rings. The number of benzene rings is 1. The standard InChI is InChI=1S/C19H20N6O2/c26-17(27)14-2-1-3-15(12-14)23-19(6-10-21-11-7-19)18-22-16(24-25-18)13-4-8-20-9-5-13/h1-5,8-9,12,21,23H,6-7,10-11H2,(H,26,27)(H,22,24,25). The van der Waals surface area contributed by atoms with Crippen LogP contribution in [0.15, 0.2) is 48.8 Å². The average Bonchev–Trinajstić information content (AvgIpc) is 3.21. The number of carboxylic acids is 1. The number of hydrogen-bond acceptors (Lipinski definition) is 6. The molecule has 0 spiro atoms. The van der Waals surface area contributed by atoms with Crippen molar-refractivity contribution in [3.63, 3.8) is 0 Å². The topological polar surface area (TPSA) is 116 Å². The predicted octanol–water partition coefficient (Wildman–Crippen LogP) is 2.26. The van der Waals surface area contributed by atoms with Crippen molar-refractivity contribution in [1.29, 1.82) is 0 Å². The van der Waals surface area contributed by atoms with Gasteiger partial charge in [-0.3, -0.25) is 10.1 Å². The van der Waals surface area contributed by atoms with Crippen LogP contribution in [0.2, 0.25) is 0 Å². The second-order valence-electron chi connectivity index (χ2n) is 6.59. The fraction of sp³-hybridized carbons (Fsp3) is 0.263. The zero-order valence-corrected chi connectivity index (χ0v) is 14.6. The Balaban J connectivity index is 1.68. The maximum atomic E-state index is 11.3. The van der Waals surface area contributed by atoms with Crippen molar-refractivity contribution in [2.75, 3.05) is 18.4 Å². The zero-order chi connectivity index (χ0) is 18.7. The maximum Gasteiger partial charge on any atom is 0.335 e. The van der Waals surface area contributed by atoms with Crippen LogP contribution in [0.3, 0.4) is 0 Å². The van der Waals surface area contributed by atoms with Crippen molar-refractivity contribution in [2.45, 2.75) is 18.4 Å². The molecule has 0 unspecified atom stereocenters. The molecule has 8 heteroatoms. The SMILES string of the molecule is O=C(O)c1cccc(NC2(c3nc(-c4ccncc4)n[nH]3)CCNCC2)c1. The fourth-order valence-corrected chi connectivity index (χ4v) is 3.39. The Morgan fingerprint density at radius 2 is 1.93 bits per heavy atom. The first kappa shape index (κ1) is 17.2. The number of carbonyl (C=O) groups is 1. The van der Waals surface area contributed by atoms with Gasteiger partial charge in [0.2, 0.25) is 0 Å². The van der Waals surface area contributed by atoms with E-state index in [0.717, 1.165) is 43.0 Å². The summed E-state index contributed by atoms with van der Waals surface area (Å²) in [6, 6.07) is 10.6. The van der Waals surface area contributed by atoms with E-state index in [-0.39, 0.29) is 5.56 Å². The monoisotopic (exact) mass is 364 g/mol. The molecular weight excluding hydrogens is 344 g/mol. The minimum Gasteiger partial charge on any atom is -0.478 e. The second-order valence-corrected chi connectivity index (χ2v) is 6.59. The van der Waals surface area contributed by atoms with Gasteiger partial charge in [0.25, 0.3) is 0 Å². The van der Waals surface area contributed by atoms with Gasteiger partial charge in [0, 0.05) is 23.6 Å². The number of pyridine rings is 1. The van der Waals surface area contributed by atoms with Gasteiger partial charge >= 0.3 is 5.97 Å². The minimum absolute atomic E-state index is 0.249. The molecule has 1 aromatic carbocycles. The van der Waals surface area contributed by atoms with Gasteiger partial charge in [-0.1, -0.05) is 6.07 Å². The summed E-state index contributed by atoms with van der Waals surface area (Å²) < 4.78 is 0. The van der Waals surface area contributed by atoms with Crippen molar-refractivity contribution < 1.29 is 9.90 Å². The number of nitrogens with zero attached hydrogens (tertiary/aromatic N) is 3. The van der Waals surface area contributed by atoms with Crippen molar-refractivity contribution >= 4 is 11.7 Å². The normalized spacial score (nSPS) is 16.0. The maximum absolute atomic E-state index is 11.3. The highest BCUT2D eigenvalue weighted by Gasteiger charge is 2.37. The Bertz CT molecular complexity index is 934. The molecule has 138 valence electrons. The Hall–Kier alpha value is -3.26. The molecule has 1 fully saturated rings. The van der Waals surface area contributed by atoms with E-state index in [1.165, 1.54) is 0 Å². The molecule has 1 saturated heterocycles. The van der Waals surface area contributed by atoms with Crippen LogP contribution in [-0.4, -0.2) is 44.3 Å². The first-order valence-electron chi connectivity index (χ1n) is 8.82. The number of rotatable bonds is 5. The largest absolute Gasteiger partial charge is 0.478 e. The average molecular weight is 364 g/mol. The van der Waals surface area contributed by atoms with E-state index in [1.54, 1.807) is 30.6 Å². The molecule has 0 atom stereocenters. The van der Waals surface area contributed by atoms with Gasteiger partial charge in [0.05, 0.1) is 11.1 Å². The van der Waals surface area contributed by atoms with Crippen molar-refractivity contribution in [3.05, 3.63) is 60.2 Å². The van der Waals surface area contributed by atoms with Gasteiger partial charge in [-0.25, -0.2) is 9.78 Å². The number of aromatic amines is 1. The Kier molecular flexibility index (Phi) is 4.55. The molecular formula is C19H20N6O2. The summed E-state index contributed by atoms with van der Waals surface area (Å²) in [7, 11) is 0. The Morgan fingerprint density at radius 1 is 1.15 bits per heavy atom. The number of aromatic nitrogens is 4. The summed E-state index contributed by atoms with van der Waals surface area (Å²) in [5.74, 6) is 0.417. The molecule has 4 rings (SSSR count). The van der Waals surface area contributed by atoms with Gasteiger partial charge in [-0.15, -0.1) is 0 Å². The van der Waals surface area contributed by atoms with Crippen LogP contribution < -0.4 is 10.6 Å². The number of nitrogens with one attached hydrogen (secondary N) is 3. The molecule has 0 radical (unpaired) electrons. The van der Waals surface area contributed by atoms with Crippen LogP contribution in [0.25, 0.3) is 11.4 Å². The van der Waals surface area contributed by atoms with E-state index in [1.807, 2.05) is 18.2 Å². The Morgan fingerprint density at radius 3 is 2.67 bits per heavy atom. The predicted molar refractivity (Wildman–Crippen MR) is 100 cm³/mol. The lowest BCUT2D eigenvalue weighted by atomic mass is 9.87. The summed E-state index contributed by atoms with van der Waals surface area (Å²) in [6.45, 7) is 1.66. The van der Waals surface area contributed by atoms with E-state index in [0.29, 0.717) is 5.82 Å². The van der Waals surface area contributed by atoms with Crippen LogP contribution >= 0.6 is 0 Å². The first-order chi connectivity index (χ1) is 13.2. The molecule has 2 aromatic heterocycles. The molecule has 0 saturated carbocycles. The van der Waals surface area contributed by atoms with Gasteiger partial charge in [-0.05, 0) is 56.3 Å². The third-order valence-corrected chi connectivity index (χ3v) is 4.83. The van der Waals surface area contributed by atoms with E-state index in [9.17, 15) is 9.90 Å². The molecule has 1 aliphatic heterocycles. The van der Waals surface area contributed by atoms with Crippen LogP contribution in [-0.2, 0) is 5.54 Å². The number of piperidine rings is 1. The molecule has 8 nitrogen and oxygen atoms in total. The van der Waals surface area contributed by atoms with Crippen LogP contribution in [0.4, 0.5) is 5.69 Å². The number of H-pyrrole nitrogens is 1. The lowest BCUT2D eigenvalue weighted by Gasteiger charge is -2.37. The zero-order valence-electron chi connectivity index (χ0n) is 14.6. The smallest absolute Gasteiger partial charge is 0.335 e. The van der Waals surface area contributed by atoms with Gasteiger partial charge in [-0.2, -0.15) is 5.10 Å².